The molecule has 0 aliphatic rings. The largest absolute Gasteiger partial charge is 0.340 e. The zero-order valence-electron chi connectivity index (χ0n) is 7.71. The van der Waals surface area contributed by atoms with E-state index in [9.17, 15) is 4.39 Å². The minimum absolute atomic E-state index is 0.234. The summed E-state index contributed by atoms with van der Waals surface area (Å²) in [5.74, 6) is 0.536. The number of rotatable bonds is 3. The van der Waals surface area contributed by atoms with Crippen LogP contribution < -0.4 is 0 Å². The molecule has 0 fully saturated rings. The van der Waals surface area contributed by atoms with Crippen LogP contribution in [0.2, 0.25) is 0 Å². The van der Waals surface area contributed by atoms with E-state index in [0.717, 1.165) is 16.5 Å². The molecular formula is C10H8BrFN2S. The number of nitrogens with one attached hydrogen (secondary N) is 1. The zero-order chi connectivity index (χ0) is 10.7. The van der Waals surface area contributed by atoms with Crippen LogP contribution in [0.3, 0.4) is 0 Å². The average molecular weight is 287 g/mol. The van der Waals surface area contributed by atoms with Crippen molar-refractivity contribution in [2.75, 3.05) is 0 Å². The second-order valence-corrected chi connectivity index (χ2v) is 4.75. The monoisotopic (exact) mass is 286 g/mol. The number of aromatic amines is 1. The lowest BCUT2D eigenvalue weighted by molar-refractivity contribution is 0.620. The fraction of sp³-hybridized carbons (Fsp3) is 0.100. The van der Waals surface area contributed by atoms with E-state index < -0.39 is 0 Å². The van der Waals surface area contributed by atoms with E-state index in [1.165, 1.54) is 6.07 Å². The van der Waals surface area contributed by atoms with Crippen LogP contribution >= 0.6 is 27.7 Å². The molecule has 0 atom stereocenters. The number of hydrogen-bond acceptors (Lipinski definition) is 2. The minimum Gasteiger partial charge on any atom is -0.340 e. The molecule has 0 radical (unpaired) electrons. The molecule has 0 bridgehead atoms. The van der Waals surface area contributed by atoms with Crippen LogP contribution in [0, 0.1) is 5.82 Å². The first-order valence-corrected chi connectivity index (χ1v) is 6.09. The first kappa shape index (κ1) is 10.7. The maximum atomic E-state index is 12.9. The standard InChI is InChI=1S/C10H8BrFN2S/c11-8-5-7(1-2-9(8)12)6-15-10-13-3-4-14-10/h1-5H,6H2,(H,13,14). The van der Waals surface area contributed by atoms with Gasteiger partial charge in [0.1, 0.15) is 5.82 Å². The highest BCUT2D eigenvalue weighted by Crippen LogP contribution is 2.22. The smallest absolute Gasteiger partial charge is 0.165 e. The van der Waals surface area contributed by atoms with Crippen molar-refractivity contribution < 1.29 is 4.39 Å². The number of imidazole rings is 1. The van der Waals surface area contributed by atoms with E-state index in [0.29, 0.717) is 4.47 Å². The lowest BCUT2D eigenvalue weighted by Crippen LogP contribution is -1.84. The van der Waals surface area contributed by atoms with Crippen molar-refractivity contribution in [2.24, 2.45) is 0 Å². The number of aromatic nitrogens is 2. The fourth-order valence-corrected chi connectivity index (χ4v) is 2.31. The third-order valence-electron chi connectivity index (χ3n) is 1.83. The first-order chi connectivity index (χ1) is 7.25. The molecule has 2 aromatic rings. The lowest BCUT2D eigenvalue weighted by atomic mass is 10.2. The Bertz CT molecular complexity index is 445. The summed E-state index contributed by atoms with van der Waals surface area (Å²) >= 11 is 4.74. The Morgan fingerprint density at radius 3 is 3.00 bits per heavy atom. The number of thioether (sulfide) groups is 1. The van der Waals surface area contributed by atoms with Crippen LogP contribution in [0.15, 0.2) is 40.2 Å². The van der Waals surface area contributed by atoms with Gasteiger partial charge in [0, 0.05) is 18.1 Å². The van der Waals surface area contributed by atoms with Gasteiger partial charge in [-0.2, -0.15) is 0 Å². The summed E-state index contributed by atoms with van der Waals surface area (Å²) in [6, 6.07) is 5.02. The van der Waals surface area contributed by atoms with E-state index in [1.807, 2.05) is 0 Å². The number of H-pyrrole nitrogens is 1. The third kappa shape index (κ3) is 2.82. The predicted molar refractivity (Wildman–Crippen MR) is 62.2 cm³/mol. The summed E-state index contributed by atoms with van der Waals surface area (Å²) in [5.41, 5.74) is 1.06. The Hall–Kier alpha value is -0.810. The highest BCUT2D eigenvalue weighted by Gasteiger charge is 2.02. The summed E-state index contributed by atoms with van der Waals surface area (Å²) in [5, 5.41) is 0.871. The molecule has 5 heteroatoms. The summed E-state index contributed by atoms with van der Waals surface area (Å²) in [7, 11) is 0. The van der Waals surface area contributed by atoms with Crippen LogP contribution in [0.5, 0.6) is 0 Å². The Morgan fingerprint density at radius 1 is 1.47 bits per heavy atom. The molecule has 0 aliphatic heterocycles. The first-order valence-electron chi connectivity index (χ1n) is 4.32. The molecule has 15 heavy (non-hydrogen) atoms. The highest BCUT2D eigenvalue weighted by atomic mass is 79.9. The molecule has 1 heterocycles. The number of nitrogens with zero attached hydrogens (tertiary/aromatic N) is 1. The van der Waals surface area contributed by atoms with Gasteiger partial charge in [0.2, 0.25) is 0 Å². The summed E-state index contributed by atoms with van der Waals surface area (Å²) in [6.07, 6.45) is 3.49. The molecule has 0 amide bonds. The van der Waals surface area contributed by atoms with Gasteiger partial charge < -0.3 is 4.98 Å². The fourth-order valence-electron chi connectivity index (χ4n) is 1.11. The van der Waals surface area contributed by atoms with Crippen molar-refractivity contribution >= 4 is 27.7 Å². The van der Waals surface area contributed by atoms with Crippen molar-refractivity contribution in [3.63, 3.8) is 0 Å². The van der Waals surface area contributed by atoms with E-state index in [-0.39, 0.29) is 5.82 Å². The molecule has 2 nitrogen and oxygen atoms in total. The SMILES string of the molecule is Fc1ccc(CSc2ncc[nH]2)cc1Br. The molecule has 1 N–H and O–H groups in total. The van der Waals surface area contributed by atoms with Crippen molar-refractivity contribution in [3.05, 3.63) is 46.4 Å². The van der Waals surface area contributed by atoms with Gasteiger partial charge in [-0.3, -0.25) is 0 Å². The number of benzene rings is 1. The number of halogens is 2. The molecule has 0 spiro atoms. The summed E-state index contributed by atoms with van der Waals surface area (Å²) in [4.78, 5) is 7.09. The summed E-state index contributed by atoms with van der Waals surface area (Å²) < 4.78 is 13.4. The van der Waals surface area contributed by atoms with Crippen LogP contribution in [0.4, 0.5) is 4.39 Å². The van der Waals surface area contributed by atoms with E-state index in [2.05, 4.69) is 25.9 Å². The van der Waals surface area contributed by atoms with Gasteiger partial charge in [-0.05, 0) is 33.6 Å². The molecule has 78 valence electrons. The van der Waals surface area contributed by atoms with Crippen molar-refractivity contribution in [3.8, 4) is 0 Å². The lowest BCUT2D eigenvalue weighted by Gasteiger charge is -2.00. The third-order valence-corrected chi connectivity index (χ3v) is 3.41. The van der Waals surface area contributed by atoms with E-state index in [4.69, 9.17) is 0 Å². The second kappa shape index (κ2) is 4.81. The second-order valence-electron chi connectivity index (χ2n) is 2.93. The zero-order valence-corrected chi connectivity index (χ0v) is 10.1. The summed E-state index contributed by atoms with van der Waals surface area (Å²) in [6.45, 7) is 0. The van der Waals surface area contributed by atoms with Gasteiger partial charge in [0.05, 0.1) is 4.47 Å². The van der Waals surface area contributed by atoms with Crippen LogP contribution in [-0.4, -0.2) is 9.97 Å². The molecule has 1 aromatic heterocycles. The maximum absolute atomic E-state index is 12.9. The van der Waals surface area contributed by atoms with Crippen molar-refractivity contribution in [1.82, 2.24) is 9.97 Å². The number of hydrogen-bond donors (Lipinski definition) is 1. The van der Waals surface area contributed by atoms with Gasteiger partial charge in [-0.25, -0.2) is 9.37 Å². The quantitative estimate of drug-likeness (QED) is 0.874. The molecule has 0 saturated carbocycles. The van der Waals surface area contributed by atoms with Gasteiger partial charge in [-0.15, -0.1) is 0 Å². The van der Waals surface area contributed by atoms with Gasteiger partial charge in [0.25, 0.3) is 0 Å². The Morgan fingerprint density at radius 2 is 2.33 bits per heavy atom. The molecule has 2 rings (SSSR count). The Kier molecular flexibility index (Phi) is 3.43. The Balaban J connectivity index is 2.02. The molecule has 0 saturated heterocycles. The van der Waals surface area contributed by atoms with Crippen LogP contribution in [0.1, 0.15) is 5.56 Å². The van der Waals surface area contributed by atoms with E-state index >= 15 is 0 Å². The minimum atomic E-state index is -0.234. The van der Waals surface area contributed by atoms with Gasteiger partial charge >= 0.3 is 0 Å². The average Bonchev–Trinajstić information content (AvgIpc) is 2.73. The normalized spacial score (nSPS) is 10.5. The molecule has 1 aromatic carbocycles. The van der Waals surface area contributed by atoms with Crippen LogP contribution in [-0.2, 0) is 5.75 Å². The maximum Gasteiger partial charge on any atom is 0.165 e. The highest BCUT2D eigenvalue weighted by molar-refractivity contribution is 9.10. The van der Waals surface area contributed by atoms with Crippen LogP contribution in [0.25, 0.3) is 0 Å². The molecule has 0 unspecified atom stereocenters. The predicted octanol–water partition coefficient (Wildman–Crippen LogP) is 3.60. The van der Waals surface area contributed by atoms with Crippen molar-refractivity contribution in [1.29, 1.82) is 0 Å². The van der Waals surface area contributed by atoms with Gasteiger partial charge in [-0.1, -0.05) is 17.8 Å². The van der Waals surface area contributed by atoms with Crippen molar-refractivity contribution in [2.45, 2.75) is 10.9 Å². The Labute approximate surface area is 99.4 Å². The molecule has 0 aliphatic carbocycles. The van der Waals surface area contributed by atoms with E-state index in [1.54, 1.807) is 36.3 Å². The topological polar surface area (TPSA) is 28.7 Å². The molecular weight excluding hydrogens is 279 g/mol. The van der Waals surface area contributed by atoms with Gasteiger partial charge in [0.15, 0.2) is 5.16 Å².